The molecule has 105 heavy (non-hydrogen) atoms. The summed E-state index contributed by atoms with van der Waals surface area (Å²) in [5, 5.41) is 32.4. The summed E-state index contributed by atoms with van der Waals surface area (Å²) < 4.78 is 10.4. The monoisotopic (exact) mass is 1460 g/mol. The summed E-state index contributed by atoms with van der Waals surface area (Å²) in [6.45, 7) is 54.0. The molecule has 7 unspecified atom stereocenters. The Labute approximate surface area is 666 Å². The number of methoxy groups -OCH3 is 1. The Morgan fingerprint density at radius 2 is 0.848 bits per heavy atom. The van der Waals surface area contributed by atoms with Crippen molar-refractivity contribution in [2.24, 2.45) is 151 Å². The van der Waals surface area contributed by atoms with Gasteiger partial charge in [-0.1, -0.05) is 180 Å². The van der Waals surface area contributed by atoms with E-state index in [1.807, 2.05) is 0 Å². The first-order valence-electron chi connectivity index (χ1n) is 43.4. The van der Waals surface area contributed by atoms with Crippen LogP contribution in [0.15, 0.2) is 34.9 Å². The minimum absolute atomic E-state index is 0. The number of allylic oxidation sites excluding steroid dienone is 6. The van der Waals surface area contributed by atoms with Crippen molar-refractivity contribution >= 4 is 35.4 Å². The van der Waals surface area contributed by atoms with Crippen LogP contribution in [-0.2, 0) is 23.9 Å². The molecule has 15 aliphatic carbocycles. The summed E-state index contributed by atoms with van der Waals surface area (Å²) in [6, 6.07) is 0. The molecule has 16 aliphatic rings. The smallest absolute Gasteiger partial charge is 1.00 e. The standard InChI is InChI=1S/C31H50O3.C30H50O2.C30H46O2.C4H8O.Al.Li.4H/c1-26(2)15-17-31(25(33)34-8)18-16-29(6)20(21(31)19-26)9-10-23-28(5)13-12-24(32)27(3,4)22(28)11-14-30(23,29)7;2*1-25(2)14-16-30(19-31)17-15-28(6)20(21(30)18-25)8-9-23-27(5)12-11-24(32)26(3,4)22(27)10-13-29(23,28)7;1-2-4-5-3-1;;;;;;/h9,21-24,32H,10-19H2,1-8H3;8,21-24,31-32H,9-19H2,1-7H3;8,19,21-23H,9-18H2,1-7H3;1-4H2;;;;;;/q;;;;;+1;;;;-1/t21-,22?,23?,24-,28-,29-,30+,31?;21-,22?,23?,24-,27-,28-,29+,30+;21-,22?,23?,27-,28-,29+,30+;;;;;;;/m000......./s1. The molecule has 1 saturated heterocycles. The molecule has 23 atom stereocenters. The molecule has 13 fully saturated rings. The molecular formula is C95H158AlLiO8. The van der Waals surface area contributed by atoms with E-state index >= 15 is 0 Å². The first kappa shape index (κ1) is 84.9. The van der Waals surface area contributed by atoms with E-state index in [0.717, 1.165) is 116 Å². The number of hydrogen-bond acceptors (Lipinski definition) is 8. The third kappa shape index (κ3) is 12.4. The Bertz CT molecular complexity index is 3370. The molecule has 0 amide bonds. The van der Waals surface area contributed by atoms with Gasteiger partial charge in [0.05, 0.1) is 24.7 Å². The normalized spacial score (nSPS) is 49.8. The van der Waals surface area contributed by atoms with Crippen molar-refractivity contribution in [3.8, 4) is 0 Å². The maximum absolute atomic E-state index is 13.3. The van der Waals surface area contributed by atoms with Crippen LogP contribution in [0.3, 0.4) is 0 Å². The Morgan fingerprint density at radius 1 is 0.476 bits per heavy atom. The largest absolute Gasteiger partial charge is 1.00 e. The molecule has 590 valence electrons. The van der Waals surface area contributed by atoms with Gasteiger partial charge < -0.3 is 31.0 Å². The van der Waals surface area contributed by atoms with Crippen molar-refractivity contribution in [2.75, 3.05) is 26.9 Å². The van der Waals surface area contributed by atoms with E-state index in [1.165, 1.54) is 109 Å². The number of rotatable bonds is 3. The Hall–Kier alpha value is -1.00. The molecule has 0 aromatic rings. The van der Waals surface area contributed by atoms with Crippen LogP contribution in [0.1, 0.15) is 352 Å². The zero-order valence-electron chi connectivity index (χ0n) is 72.3. The molecule has 1 heterocycles. The molecule has 8 nitrogen and oxygen atoms in total. The van der Waals surface area contributed by atoms with Gasteiger partial charge in [-0.25, -0.2) is 0 Å². The van der Waals surface area contributed by atoms with E-state index in [1.54, 1.807) is 23.8 Å². The number of carbonyl (C=O) groups excluding carboxylic acids is 3. The fraction of sp³-hybridized carbons (Fsp3) is 0.905. The summed E-state index contributed by atoms with van der Waals surface area (Å²) in [5.41, 5.74) is 7.68. The third-order valence-electron chi connectivity index (χ3n) is 39.8. The predicted octanol–water partition coefficient (Wildman–Crippen LogP) is 18.7. The van der Waals surface area contributed by atoms with Crippen molar-refractivity contribution in [2.45, 2.75) is 363 Å². The molecule has 0 aromatic carbocycles. The van der Waals surface area contributed by atoms with E-state index in [0.29, 0.717) is 87.3 Å². The Kier molecular flexibility index (Phi) is 22.6. The zero-order chi connectivity index (χ0) is 75.2. The number of aliphatic hydroxyl groups is 3. The molecular weight excluding hydrogens is 1300 g/mol. The van der Waals surface area contributed by atoms with E-state index in [9.17, 15) is 29.7 Å². The van der Waals surface area contributed by atoms with Gasteiger partial charge in [0, 0.05) is 42.5 Å². The van der Waals surface area contributed by atoms with E-state index < -0.39 is 0 Å². The van der Waals surface area contributed by atoms with E-state index in [4.69, 9.17) is 9.47 Å². The van der Waals surface area contributed by atoms with Crippen LogP contribution in [0.5, 0.6) is 0 Å². The molecule has 0 spiro atoms. The van der Waals surface area contributed by atoms with Crippen LogP contribution in [0.4, 0.5) is 0 Å². The maximum Gasteiger partial charge on any atom is 1.00 e. The van der Waals surface area contributed by atoms with Crippen LogP contribution < -0.4 is 18.9 Å². The van der Waals surface area contributed by atoms with Gasteiger partial charge in [-0.3, -0.25) is 9.59 Å². The molecule has 1 aliphatic heterocycles. The van der Waals surface area contributed by atoms with E-state index in [2.05, 4.69) is 164 Å². The summed E-state index contributed by atoms with van der Waals surface area (Å²) >= 11 is 0. The molecule has 3 N–H and O–H groups in total. The molecule has 16 rings (SSSR count). The van der Waals surface area contributed by atoms with Gasteiger partial charge in [-0.15, -0.1) is 0 Å². The molecule has 0 aromatic heterocycles. The minimum atomic E-state index is -0.323. The van der Waals surface area contributed by atoms with Crippen LogP contribution in [0.25, 0.3) is 0 Å². The summed E-state index contributed by atoms with van der Waals surface area (Å²) in [5.74, 6) is 5.49. The number of ether oxygens (including phenoxy) is 2. The van der Waals surface area contributed by atoms with Gasteiger partial charge in [0.1, 0.15) is 12.1 Å². The molecule has 10 heteroatoms. The van der Waals surface area contributed by atoms with Crippen LogP contribution in [0.2, 0.25) is 0 Å². The van der Waals surface area contributed by atoms with Crippen LogP contribution in [-0.4, -0.2) is 89.9 Å². The van der Waals surface area contributed by atoms with Crippen LogP contribution in [0, 0.1) is 151 Å². The van der Waals surface area contributed by atoms with Crippen molar-refractivity contribution in [3.05, 3.63) is 34.9 Å². The number of fused-ring (bicyclic) bond motifs is 21. The zero-order valence-corrected chi connectivity index (χ0v) is 71.3. The average Bonchev–Trinajstić information content (AvgIpc) is 0.706. The maximum atomic E-state index is 13.3. The quantitative estimate of drug-likeness (QED) is 0.110. The SMILES string of the molecule is C1CCOC1.CC1(C)CC[C@]2(C=O)CC[C@@]3(C)C(=CCC4[C@@]5(C)CCC(=O)C(C)(C)C5CC[C@]43C)[C@@H]2C1.CC1(C)CC[C@]2(CO)CC[C@@]3(C)C(=CCC4[C@@]5(C)CC[C@H](O)C(C)(C)C5CC[C@]43C)[C@@H]2C1.COC(=O)C12CCC(C)(C)C[C@H]1C1=CCC3[C@@]4(C)CC[C@H](O)C(C)(C)C4CC[C@@]3(C)[C@@]1(C)CC2.[AlH3].[H-].[Li+]. The first-order chi connectivity index (χ1) is 47.7. The summed E-state index contributed by atoms with van der Waals surface area (Å²) in [7, 11) is 1.59. The van der Waals surface area contributed by atoms with Gasteiger partial charge in [0.25, 0.3) is 0 Å². The Morgan fingerprint density at radius 3 is 1.30 bits per heavy atom. The van der Waals surface area contributed by atoms with Gasteiger partial charge >= 0.3 is 24.8 Å². The van der Waals surface area contributed by atoms with Crippen molar-refractivity contribution < 1.29 is 59.5 Å². The second kappa shape index (κ2) is 27.9. The molecule has 0 radical (unpaired) electrons. The van der Waals surface area contributed by atoms with Gasteiger partial charge in [0.15, 0.2) is 17.4 Å². The average molecular weight is 1460 g/mol. The fourth-order valence-electron chi connectivity index (χ4n) is 32.2. The number of Topliss-reactive ketones (excluding diaryl/α,β-unsaturated/α-hetero) is 1. The van der Waals surface area contributed by atoms with Gasteiger partial charge in [0.2, 0.25) is 0 Å². The van der Waals surface area contributed by atoms with Gasteiger partial charge in [-0.05, 0) is 328 Å². The topological polar surface area (TPSA) is 130 Å². The molecule has 0 bridgehead atoms. The number of esters is 1. The first-order valence-corrected chi connectivity index (χ1v) is 43.4. The number of aliphatic hydroxyl groups excluding tert-OH is 3. The minimum Gasteiger partial charge on any atom is -1.00 e. The summed E-state index contributed by atoms with van der Waals surface area (Å²) in [6.07, 6.45) is 45.5. The number of hydrogen-bond donors (Lipinski definition) is 3. The third-order valence-corrected chi connectivity index (χ3v) is 39.8. The Balaban J connectivity index is 0.000000162. The summed E-state index contributed by atoms with van der Waals surface area (Å²) in [4.78, 5) is 38.8. The molecule has 12 saturated carbocycles. The van der Waals surface area contributed by atoms with Crippen molar-refractivity contribution in [1.82, 2.24) is 0 Å². The van der Waals surface area contributed by atoms with E-state index in [-0.39, 0.29) is 132 Å². The van der Waals surface area contributed by atoms with Crippen LogP contribution >= 0.6 is 0 Å². The number of carbonyl (C=O) groups is 3. The predicted molar refractivity (Wildman–Crippen MR) is 430 cm³/mol. The van der Waals surface area contributed by atoms with Crippen molar-refractivity contribution in [3.63, 3.8) is 0 Å². The number of aldehydes is 1. The fourth-order valence-corrected chi connectivity index (χ4v) is 32.2. The second-order valence-corrected chi connectivity index (χ2v) is 46.4. The number of ketones is 1. The van der Waals surface area contributed by atoms with Crippen molar-refractivity contribution in [1.29, 1.82) is 0 Å². The van der Waals surface area contributed by atoms with Gasteiger partial charge in [-0.2, -0.15) is 0 Å². The second-order valence-electron chi connectivity index (χ2n) is 46.4.